The molecule has 1 saturated heterocycles. The number of hydrogen-bond donors (Lipinski definition) is 1. The van der Waals surface area contributed by atoms with Crippen molar-refractivity contribution >= 4 is 40.6 Å². The number of amides is 2. The Hall–Kier alpha value is -3.08. The molecule has 0 bridgehead atoms. The molecule has 1 fully saturated rings. The van der Waals surface area contributed by atoms with Crippen LogP contribution in [0.5, 0.6) is 11.5 Å². The number of rotatable bonds is 5. The highest BCUT2D eigenvalue weighted by molar-refractivity contribution is 8.18. The first-order valence-corrected chi connectivity index (χ1v) is 7.93. The Bertz CT molecular complexity index is 835. The van der Waals surface area contributed by atoms with Crippen molar-refractivity contribution in [2.45, 2.75) is 13.0 Å². The SMILES string of the molecule is COC(=O)[C@@H](C)N1C(=O)S/C(=C/c2cc(OC)c(O)c([N+](=O)[O-])c2)C1=O. The summed E-state index contributed by atoms with van der Waals surface area (Å²) in [6.45, 7) is 1.35. The van der Waals surface area contributed by atoms with Gasteiger partial charge in [-0.25, -0.2) is 4.79 Å². The molecule has 0 unspecified atom stereocenters. The van der Waals surface area contributed by atoms with Crippen molar-refractivity contribution in [3.63, 3.8) is 0 Å². The number of nitrogens with zero attached hydrogens (tertiary/aromatic N) is 2. The largest absolute Gasteiger partial charge is 0.500 e. The van der Waals surface area contributed by atoms with E-state index in [0.717, 1.165) is 18.1 Å². The van der Waals surface area contributed by atoms with E-state index in [1.165, 1.54) is 26.2 Å². The number of carbonyl (C=O) groups excluding carboxylic acids is 3. The number of esters is 1. The molecule has 138 valence electrons. The molecule has 1 N–H and O–H groups in total. The highest BCUT2D eigenvalue weighted by atomic mass is 32.2. The van der Waals surface area contributed by atoms with Crippen LogP contribution in [0.15, 0.2) is 17.0 Å². The van der Waals surface area contributed by atoms with Crippen LogP contribution in [-0.4, -0.2) is 52.3 Å². The molecule has 10 nitrogen and oxygen atoms in total. The molecule has 1 aromatic rings. The number of ether oxygens (including phenoxy) is 2. The van der Waals surface area contributed by atoms with Gasteiger partial charge in [0.15, 0.2) is 5.75 Å². The molecule has 0 saturated carbocycles. The van der Waals surface area contributed by atoms with Gasteiger partial charge in [-0.05, 0) is 36.4 Å². The van der Waals surface area contributed by atoms with Gasteiger partial charge < -0.3 is 14.6 Å². The van der Waals surface area contributed by atoms with Crippen molar-refractivity contribution in [1.29, 1.82) is 0 Å². The zero-order valence-corrected chi connectivity index (χ0v) is 14.7. The summed E-state index contributed by atoms with van der Waals surface area (Å²) < 4.78 is 9.41. The van der Waals surface area contributed by atoms with Gasteiger partial charge in [0.2, 0.25) is 5.75 Å². The second-order valence-electron chi connectivity index (χ2n) is 5.10. The number of phenolic OH excluding ortho intramolecular Hbond substituents is 1. The predicted molar refractivity (Wildman–Crippen MR) is 90.6 cm³/mol. The quantitative estimate of drug-likeness (QED) is 0.350. The van der Waals surface area contributed by atoms with Crippen molar-refractivity contribution in [1.82, 2.24) is 4.90 Å². The minimum atomic E-state index is -1.11. The van der Waals surface area contributed by atoms with Gasteiger partial charge in [0.25, 0.3) is 11.1 Å². The smallest absolute Gasteiger partial charge is 0.328 e. The average Bonchev–Trinajstić information content (AvgIpc) is 2.88. The summed E-state index contributed by atoms with van der Waals surface area (Å²) in [6.07, 6.45) is 1.24. The van der Waals surface area contributed by atoms with Crippen LogP contribution >= 0.6 is 11.8 Å². The lowest BCUT2D eigenvalue weighted by Crippen LogP contribution is -2.42. The van der Waals surface area contributed by atoms with Crippen LogP contribution in [0.25, 0.3) is 6.08 Å². The topological polar surface area (TPSA) is 136 Å². The molecule has 0 spiro atoms. The van der Waals surface area contributed by atoms with Gasteiger partial charge >= 0.3 is 11.7 Å². The van der Waals surface area contributed by atoms with Crippen LogP contribution in [0.4, 0.5) is 10.5 Å². The third-order valence-corrected chi connectivity index (χ3v) is 4.43. The summed E-state index contributed by atoms with van der Waals surface area (Å²) in [5.74, 6) is -2.29. The van der Waals surface area contributed by atoms with Crippen LogP contribution in [0.1, 0.15) is 12.5 Å². The molecule has 0 aromatic heterocycles. The molecule has 0 aliphatic carbocycles. The number of nitro benzene ring substituents is 1. The number of hydrogen-bond acceptors (Lipinski definition) is 9. The second-order valence-corrected chi connectivity index (χ2v) is 6.09. The number of carbonyl (C=O) groups is 3. The molecule has 1 aromatic carbocycles. The van der Waals surface area contributed by atoms with Crippen LogP contribution in [0, 0.1) is 10.1 Å². The standard InChI is InChI=1S/C15H14N2O8S/c1-7(14(20)25-3)16-13(19)11(26-15(16)21)6-8-4-9(17(22)23)12(18)10(5-8)24-2/h4-7,18H,1-3H3/b11-6+/t7-/m1/s1. The van der Waals surface area contributed by atoms with E-state index in [-0.39, 0.29) is 16.2 Å². The van der Waals surface area contributed by atoms with Crippen LogP contribution in [-0.2, 0) is 14.3 Å². The van der Waals surface area contributed by atoms with Crippen molar-refractivity contribution < 1.29 is 33.9 Å². The molecular weight excluding hydrogens is 368 g/mol. The van der Waals surface area contributed by atoms with Gasteiger partial charge in [-0.3, -0.25) is 24.6 Å². The number of benzene rings is 1. The highest BCUT2D eigenvalue weighted by Crippen LogP contribution is 2.39. The monoisotopic (exact) mass is 382 g/mol. The normalized spacial score (nSPS) is 16.7. The third kappa shape index (κ3) is 3.47. The Kier molecular flexibility index (Phi) is 5.50. The van der Waals surface area contributed by atoms with Crippen LogP contribution in [0.2, 0.25) is 0 Å². The Labute approximate surface area is 151 Å². The molecule has 1 heterocycles. The molecule has 2 amide bonds. The summed E-state index contributed by atoms with van der Waals surface area (Å²) in [4.78, 5) is 47.0. The Morgan fingerprint density at radius 1 is 1.38 bits per heavy atom. The fourth-order valence-corrected chi connectivity index (χ4v) is 3.14. The fourth-order valence-electron chi connectivity index (χ4n) is 2.23. The Morgan fingerprint density at radius 3 is 2.58 bits per heavy atom. The van der Waals surface area contributed by atoms with Gasteiger partial charge in [0.1, 0.15) is 6.04 Å². The van der Waals surface area contributed by atoms with E-state index >= 15 is 0 Å². The maximum Gasteiger partial charge on any atom is 0.328 e. The van der Waals surface area contributed by atoms with Crippen LogP contribution < -0.4 is 4.74 Å². The predicted octanol–water partition coefficient (Wildman–Crippen LogP) is 1.91. The summed E-state index contributed by atoms with van der Waals surface area (Å²) in [6, 6.07) is 1.21. The van der Waals surface area contributed by atoms with Crippen molar-refractivity contribution in [3.05, 3.63) is 32.7 Å². The summed E-state index contributed by atoms with van der Waals surface area (Å²) in [5, 5.41) is 20.1. The molecular formula is C15H14N2O8S. The minimum absolute atomic E-state index is 0.0345. The number of nitro groups is 1. The van der Waals surface area contributed by atoms with Gasteiger partial charge in [-0.1, -0.05) is 0 Å². The van der Waals surface area contributed by atoms with E-state index in [4.69, 9.17) is 4.74 Å². The number of aromatic hydroxyl groups is 1. The fraction of sp³-hybridized carbons (Fsp3) is 0.267. The van der Waals surface area contributed by atoms with E-state index < -0.39 is 39.5 Å². The molecule has 2 rings (SSSR count). The lowest BCUT2D eigenvalue weighted by molar-refractivity contribution is -0.386. The number of thioether (sulfide) groups is 1. The molecule has 11 heteroatoms. The summed E-state index contributed by atoms with van der Waals surface area (Å²) in [7, 11) is 2.35. The molecule has 0 radical (unpaired) electrons. The van der Waals surface area contributed by atoms with Gasteiger partial charge in [0, 0.05) is 6.07 Å². The first-order valence-electron chi connectivity index (χ1n) is 7.11. The highest BCUT2D eigenvalue weighted by Gasteiger charge is 2.41. The zero-order chi connectivity index (χ0) is 19.6. The van der Waals surface area contributed by atoms with E-state index in [1.807, 2.05) is 0 Å². The first kappa shape index (κ1) is 19.2. The molecule has 1 aliphatic heterocycles. The van der Waals surface area contributed by atoms with Crippen molar-refractivity contribution in [2.24, 2.45) is 0 Å². The van der Waals surface area contributed by atoms with Crippen molar-refractivity contribution in [3.8, 4) is 11.5 Å². The summed E-state index contributed by atoms with van der Waals surface area (Å²) >= 11 is 0.582. The van der Waals surface area contributed by atoms with E-state index in [1.54, 1.807) is 0 Å². The maximum atomic E-state index is 12.4. The first-order chi connectivity index (χ1) is 12.2. The Balaban J connectivity index is 2.43. The molecule has 26 heavy (non-hydrogen) atoms. The average molecular weight is 382 g/mol. The van der Waals surface area contributed by atoms with Crippen molar-refractivity contribution in [2.75, 3.05) is 14.2 Å². The third-order valence-electron chi connectivity index (χ3n) is 3.54. The summed E-state index contributed by atoms with van der Waals surface area (Å²) in [5.41, 5.74) is -0.444. The maximum absolute atomic E-state index is 12.4. The molecule has 1 atom stereocenters. The van der Waals surface area contributed by atoms with E-state index in [0.29, 0.717) is 11.8 Å². The minimum Gasteiger partial charge on any atom is -0.500 e. The Morgan fingerprint density at radius 2 is 2.04 bits per heavy atom. The lowest BCUT2D eigenvalue weighted by Gasteiger charge is -2.18. The van der Waals surface area contributed by atoms with Gasteiger partial charge in [-0.15, -0.1) is 0 Å². The molecule has 1 aliphatic rings. The zero-order valence-electron chi connectivity index (χ0n) is 13.9. The van der Waals surface area contributed by atoms with E-state index in [2.05, 4.69) is 4.74 Å². The van der Waals surface area contributed by atoms with Crippen LogP contribution in [0.3, 0.4) is 0 Å². The second kappa shape index (κ2) is 7.44. The number of methoxy groups -OCH3 is 2. The number of phenols is 1. The van der Waals surface area contributed by atoms with Gasteiger partial charge in [0.05, 0.1) is 24.0 Å². The van der Waals surface area contributed by atoms with Gasteiger partial charge in [-0.2, -0.15) is 0 Å². The number of imide groups is 1. The lowest BCUT2D eigenvalue weighted by atomic mass is 10.1. The van der Waals surface area contributed by atoms with E-state index in [9.17, 15) is 29.6 Å².